The molecule has 20 heavy (non-hydrogen) atoms. The van der Waals surface area contributed by atoms with Crippen LogP contribution in [-0.2, 0) is 6.42 Å². The Bertz CT molecular complexity index is 595. The lowest BCUT2D eigenvalue weighted by Crippen LogP contribution is -2.16. The standard InChI is InChI=1S/C16H17BrFNO/c1-10-6-7-15(20-2)11(8-10)9-14(19)16-12(17)4-3-5-13(16)18/h3-8,14H,9,19H2,1-2H3. The van der Waals surface area contributed by atoms with Crippen LogP contribution in [0.15, 0.2) is 40.9 Å². The van der Waals surface area contributed by atoms with Gasteiger partial charge in [-0.25, -0.2) is 4.39 Å². The largest absolute Gasteiger partial charge is 0.496 e. The molecule has 0 saturated carbocycles. The van der Waals surface area contributed by atoms with Gasteiger partial charge in [-0.05, 0) is 37.1 Å². The predicted molar refractivity (Wildman–Crippen MR) is 82.5 cm³/mol. The normalized spacial score (nSPS) is 12.2. The van der Waals surface area contributed by atoms with Gasteiger partial charge in [0.1, 0.15) is 11.6 Å². The second-order valence-electron chi connectivity index (χ2n) is 4.76. The third kappa shape index (κ3) is 3.19. The highest BCUT2D eigenvalue weighted by molar-refractivity contribution is 9.10. The van der Waals surface area contributed by atoms with E-state index in [9.17, 15) is 4.39 Å². The van der Waals surface area contributed by atoms with Crippen LogP contribution in [0.1, 0.15) is 22.7 Å². The van der Waals surface area contributed by atoms with Crippen LogP contribution in [0.25, 0.3) is 0 Å². The molecule has 0 bridgehead atoms. The van der Waals surface area contributed by atoms with Crippen LogP contribution in [0.4, 0.5) is 4.39 Å². The van der Waals surface area contributed by atoms with Crippen LogP contribution in [0.5, 0.6) is 5.75 Å². The van der Waals surface area contributed by atoms with E-state index in [2.05, 4.69) is 15.9 Å². The Balaban J connectivity index is 2.32. The second kappa shape index (κ2) is 6.37. The van der Waals surface area contributed by atoms with Gasteiger partial charge in [0.15, 0.2) is 0 Å². The number of hydrogen-bond acceptors (Lipinski definition) is 2. The van der Waals surface area contributed by atoms with Gasteiger partial charge in [-0.2, -0.15) is 0 Å². The highest BCUT2D eigenvalue weighted by atomic mass is 79.9. The molecule has 0 aliphatic carbocycles. The molecule has 0 aliphatic heterocycles. The summed E-state index contributed by atoms with van der Waals surface area (Å²) in [6, 6.07) is 10.4. The molecule has 0 radical (unpaired) electrons. The van der Waals surface area contributed by atoms with Gasteiger partial charge in [0.05, 0.1) is 7.11 Å². The molecular formula is C16H17BrFNO. The van der Waals surface area contributed by atoms with Crippen molar-refractivity contribution >= 4 is 15.9 Å². The first-order chi connectivity index (χ1) is 9.52. The first-order valence-electron chi connectivity index (χ1n) is 6.36. The van der Waals surface area contributed by atoms with E-state index < -0.39 is 6.04 Å². The number of methoxy groups -OCH3 is 1. The maximum absolute atomic E-state index is 13.9. The summed E-state index contributed by atoms with van der Waals surface area (Å²) in [5.74, 6) is 0.483. The molecular weight excluding hydrogens is 321 g/mol. The van der Waals surface area contributed by atoms with Crippen molar-refractivity contribution in [2.24, 2.45) is 5.73 Å². The van der Waals surface area contributed by atoms with Crippen molar-refractivity contribution < 1.29 is 9.13 Å². The van der Waals surface area contributed by atoms with Crippen molar-refractivity contribution in [1.29, 1.82) is 0 Å². The van der Waals surface area contributed by atoms with Crippen molar-refractivity contribution in [2.45, 2.75) is 19.4 Å². The van der Waals surface area contributed by atoms with Gasteiger partial charge in [-0.15, -0.1) is 0 Å². The summed E-state index contributed by atoms with van der Waals surface area (Å²) in [5.41, 5.74) is 8.78. The van der Waals surface area contributed by atoms with Crippen LogP contribution in [0, 0.1) is 12.7 Å². The first-order valence-corrected chi connectivity index (χ1v) is 7.15. The number of hydrogen-bond donors (Lipinski definition) is 1. The number of benzene rings is 2. The second-order valence-corrected chi connectivity index (χ2v) is 5.62. The maximum atomic E-state index is 13.9. The van der Waals surface area contributed by atoms with Gasteiger partial charge in [-0.3, -0.25) is 0 Å². The van der Waals surface area contributed by atoms with Crippen molar-refractivity contribution in [1.82, 2.24) is 0 Å². The summed E-state index contributed by atoms with van der Waals surface area (Å²) in [4.78, 5) is 0. The Kier molecular flexibility index (Phi) is 4.78. The van der Waals surface area contributed by atoms with Gasteiger partial charge >= 0.3 is 0 Å². The topological polar surface area (TPSA) is 35.2 Å². The highest BCUT2D eigenvalue weighted by Crippen LogP contribution is 2.30. The van der Waals surface area contributed by atoms with E-state index in [1.54, 1.807) is 19.2 Å². The Morgan fingerprint density at radius 2 is 2.05 bits per heavy atom. The SMILES string of the molecule is COc1ccc(C)cc1CC(N)c1c(F)cccc1Br. The quantitative estimate of drug-likeness (QED) is 0.909. The van der Waals surface area contributed by atoms with Crippen molar-refractivity contribution in [2.75, 3.05) is 7.11 Å². The predicted octanol–water partition coefficient (Wildman–Crippen LogP) is 4.15. The summed E-state index contributed by atoms with van der Waals surface area (Å²) in [7, 11) is 1.62. The monoisotopic (exact) mass is 337 g/mol. The molecule has 1 atom stereocenters. The Hall–Kier alpha value is -1.39. The third-order valence-corrected chi connectivity index (χ3v) is 3.94. The molecule has 0 fully saturated rings. The lowest BCUT2D eigenvalue weighted by atomic mass is 9.97. The molecule has 0 aromatic heterocycles. The first kappa shape index (κ1) is 15.0. The molecule has 0 saturated heterocycles. The molecule has 0 amide bonds. The van der Waals surface area contributed by atoms with Gasteiger partial charge in [-0.1, -0.05) is 39.7 Å². The number of ether oxygens (including phenoxy) is 1. The van der Waals surface area contributed by atoms with Crippen molar-refractivity contribution in [3.8, 4) is 5.75 Å². The molecule has 0 spiro atoms. The fourth-order valence-electron chi connectivity index (χ4n) is 2.27. The van der Waals surface area contributed by atoms with E-state index in [1.807, 2.05) is 25.1 Å². The van der Waals surface area contributed by atoms with E-state index >= 15 is 0 Å². The Labute approximate surface area is 126 Å². The van der Waals surface area contributed by atoms with Crippen LogP contribution in [0.2, 0.25) is 0 Å². The van der Waals surface area contributed by atoms with Crippen LogP contribution >= 0.6 is 15.9 Å². The van der Waals surface area contributed by atoms with E-state index in [4.69, 9.17) is 10.5 Å². The summed E-state index contributed by atoms with van der Waals surface area (Å²) in [6.07, 6.45) is 0.518. The number of aryl methyl sites for hydroxylation is 1. The zero-order valence-corrected chi connectivity index (χ0v) is 13.1. The number of halogens is 2. The summed E-state index contributed by atoms with van der Waals surface area (Å²) >= 11 is 3.36. The lowest BCUT2D eigenvalue weighted by Gasteiger charge is -2.17. The van der Waals surface area contributed by atoms with Gasteiger partial charge in [0.2, 0.25) is 0 Å². The molecule has 2 nitrogen and oxygen atoms in total. The summed E-state index contributed by atoms with van der Waals surface area (Å²) < 4.78 is 20.0. The molecule has 0 heterocycles. The zero-order chi connectivity index (χ0) is 14.7. The van der Waals surface area contributed by atoms with E-state index in [1.165, 1.54) is 6.07 Å². The van der Waals surface area contributed by atoms with Gasteiger partial charge < -0.3 is 10.5 Å². The van der Waals surface area contributed by atoms with Crippen molar-refractivity contribution in [3.63, 3.8) is 0 Å². The fraction of sp³-hybridized carbons (Fsp3) is 0.250. The lowest BCUT2D eigenvalue weighted by molar-refractivity contribution is 0.407. The highest BCUT2D eigenvalue weighted by Gasteiger charge is 2.17. The summed E-state index contributed by atoms with van der Waals surface area (Å²) in [6.45, 7) is 2.01. The Morgan fingerprint density at radius 3 is 2.70 bits per heavy atom. The Morgan fingerprint density at radius 1 is 1.30 bits per heavy atom. The van der Waals surface area contributed by atoms with E-state index in [-0.39, 0.29) is 5.82 Å². The third-order valence-electron chi connectivity index (χ3n) is 3.25. The molecule has 1 unspecified atom stereocenters. The number of rotatable bonds is 4. The minimum absolute atomic E-state index is 0.293. The van der Waals surface area contributed by atoms with Gasteiger partial charge in [0, 0.05) is 16.1 Å². The molecule has 4 heteroatoms. The molecule has 2 aromatic rings. The molecule has 2 aromatic carbocycles. The maximum Gasteiger partial charge on any atom is 0.129 e. The average molecular weight is 338 g/mol. The van der Waals surface area contributed by atoms with Crippen molar-refractivity contribution in [3.05, 3.63) is 63.4 Å². The summed E-state index contributed by atoms with van der Waals surface area (Å²) in [5, 5.41) is 0. The molecule has 0 aliphatic rings. The molecule has 2 rings (SSSR count). The minimum atomic E-state index is -0.429. The molecule has 2 N–H and O–H groups in total. The smallest absolute Gasteiger partial charge is 0.129 e. The van der Waals surface area contributed by atoms with Crippen LogP contribution in [0.3, 0.4) is 0 Å². The zero-order valence-electron chi connectivity index (χ0n) is 11.5. The molecule has 106 valence electrons. The van der Waals surface area contributed by atoms with E-state index in [0.717, 1.165) is 16.9 Å². The van der Waals surface area contributed by atoms with Crippen LogP contribution in [-0.4, -0.2) is 7.11 Å². The number of nitrogens with two attached hydrogens (primary N) is 1. The minimum Gasteiger partial charge on any atom is -0.496 e. The van der Waals surface area contributed by atoms with E-state index in [0.29, 0.717) is 16.5 Å². The fourth-order valence-corrected chi connectivity index (χ4v) is 2.91. The van der Waals surface area contributed by atoms with Gasteiger partial charge in [0.25, 0.3) is 0 Å². The van der Waals surface area contributed by atoms with Crippen LogP contribution < -0.4 is 10.5 Å². The average Bonchev–Trinajstić information content (AvgIpc) is 2.38.